The highest BCUT2D eigenvalue weighted by molar-refractivity contribution is 6.04. The van der Waals surface area contributed by atoms with Crippen LogP contribution in [0.3, 0.4) is 0 Å². The summed E-state index contributed by atoms with van der Waals surface area (Å²) >= 11 is 0. The maximum atomic E-state index is 11.7. The Balaban J connectivity index is 2.04. The molecule has 20 heavy (non-hydrogen) atoms. The van der Waals surface area contributed by atoms with Crippen LogP contribution in [0.2, 0.25) is 0 Å². The second kappa shape index (κ2) is 6.33. The minimum absolute atomic E-state index is 0.187. The first kappa shape index (κ1) is 13.5. The van der Waals surface area contributed by atoms with Crippen molar-refractivity contribution in [1.82, 2.24) is 0 Å². The van der Waals surface area contributed by atoms with E-state index in [0.29, 0.717) is 5.76 Å². The van der Waals surface area contributed by atoms with Crippen molar-refractivity contribution >= 4 is 23.8 Å². The molecule has 0 unspecified atom stereocenters. The highest BCUT2D eigenvalue weighted by Crippen LogP contribution is 2.09. The van der Waals surface area contributed by atoms with Gasteiger partial charge in [0.15, 0.2) is 5.76 Å². The zero-order valence-corrected chi connectivity index (χ0v) is 10.7. The van der Waals surface area contributed by atoms with Gasteiger partial charge in [0.2, 0.25) is 11.7 Å². The Kier molecular flexibility index (Phi) is 4.29. The van der Waals surface area contributed by atoms with Crippen molar-refractivity contribution in [2.45, 2.75) is 0 Å². The molecule has 0 aliphatic carbocycles. The molecule has 1 aromatic carbocycles. The summed E-state index contributed by atoms with van der Waals surface area (Å²) in [5.74, 6) is -0.368. The second-order valence-corrected chi connectivity index (χ2v) is 4.08. The number of benzene rings is 1. The maximum Gasteiger partial charge on any atom is 0.241 e. The Morgan fingerprint density at radius 3 is 2.05 bits per heavy atom. The van der Waals surface area contributed by atoms with Crippen molar-refractivity contribution in [1.29, 1.82) is 0 Å². The summed E-state index contributed by atoms with van der Waals surface area (Å²) < 4.78 is 5.00. The van der Waals surface area contributed by atoms with Crippen LogP contribution < -0.4 is 5.73 Å². The summed E-state index contributed by atoms with van der Waals surface area (Å²) in [6.07, 6.45) is 7.54. The van der Waals surface area contributed by atoms with Crippen LogP contribution in [-0.2, 0) is 4.79 Å². The van der Waals surface area contributed by atoms with Crippen molar-refractivity contribution < 1.29 is 14.0 Å². The SMILES string of the molecule is NC(=O)/C=C/c1ccc(/C=C/C(=O)c2ccco2)cc1. The summed E-state index contributed by atoms with van der Waals surface area (Å²) in [4.78, 5) is 22.3. The van der Waals surface area contributed by atoms with Gasteiger partial charge in [-0.15, -0.1) is 0 Å². The fraction of sp³-hybridized carbons (Fsp3) is 0. The molecule has 4 nitrogen and oxygen atoms in total. The van der Waals surface area contributed by atoms with E-state index >= 15 is 0 Å². The van der Waals surface area contributed by atoms with Crippen LogP contribution >= 0.6 is 0 Å². The molecule has 0 saturated heterocycles. The van der Waals surface area contributed by atoms with Gasteiger partial charge in [0, 0.05) is 6.08 Å². The topological polar surface area (TPSA) is 73.3 Å². The first-order valence-corrected chi connectivity index (χ1v) is 5.98. The van der Waals surface area contributed by atoms with Crippen LogP contribution in [-0.4, -0.2) is 11.7 Å². The van der Waals surface area contributed by atoms with E-state index in [4.69, 9.17) is 10.2 Å². The van der Waals surface area contributed by atoms with E-state index in [-0.39, 0.29) is 5.78 Å². The number of hydrogen-bond donors (Lipinski definition) is 1. The average Bonchev–Trinajstić information content (AvgIpc) is 2.98. The number of primary amides is 1. The second-order valence-electron chi connectivity index (χ2n) is 4.08. The summed E-state index contributed by atoms with van der Waals surface area (Å²) in [6, 6.07) is 10.6. The number of carbonyl (C=O) groups is 2. The van der Waals surface area contributed by atoms with E-state index in [0.717, 1.165) is 11.1 Å². The Morgan fingerprint density at radius 1 is 0.950 bits per heavy atom. The van der Waals surface area contributed by atoms with Crippen molar-refractivity contribution in [2.75, 3.05) is 0 Å². The lowest BCUT2D eigenvalue weighted by Crippen LogP contribution is -2.04. The van der Waals surface area contributed by atoms with Gasteiger partial charge in [-0.2, -0.15) is 0 Å². The van der Waals surface area contributed by atoms with E-state index in [2.05, 4.69) is 0 Å². The minimum atomic E-state index is -0.488. The lowest BCUT2D eigenvalue weighted by Gasteiger charge is -1.95. The predicted octanol–water partition coefficient (Wildman–Crippen LogP) is 2.67. The van der Waals surface area contributed by atoms with Gasteiger partial charge >= 0.3 is 0 Å². The molecule has 2 N–H and O–H groups in total. The normalized spacial score (nSPS) is 11.2. The van der Waals surface area contributed by atoms with Crippen LogP contribution in [0.5, 0.6) is 0 Å². The van der Waals surface area contributed by atoms with Gasteiger partial charge in [0.1, 0.15) is 0 Å². The molecule has 0 bridgehead atoms. The van der Waals surface area contributed by atoms with E-state index < -0.39 is 5.91 Å². The predicted molar refractivity (Wildman–Crippen MR) is 76.7 cm³/mol. The molecule has 0 spiro atoms. The summed E-state index contributed by atoms with van der Waals surface area (Å²) in [5.41, 5.74) is 6.75. The molecule has 0 fully saturated rings. The number of furan rings is 1. The Morgan fingerprint density at radius 2 is 1.55 bits per heavy atom. The molecule has 1 amide bonds. The molecule has 2 rings (SSSR count). The molecule has 0 saturated carbocycles. The van der Waals surface area contributed by atoms with Gasteiger partial charge < -0.3 is 10.2 Å². The Labute approximate surface area is 116 Å². The molecule has 4 heteroatoms. The number of hydrogen-bond acceptors (Lipinski definition) is 3. The summed E-state index contributed by atoms with van der Waals surface area (Å²) in [5, 5.41) is 0. The van der Waals surface area contributed by atoms with Gasteiger partial charge in [0.05, 0.1) is 6.26 Å². The number of ketones is 1. The molecular weight excluding hydrogens is 254 g/mol. The molecule has 0 aliphatic rings. The molecule has 0 radical (unpaired) electrons. The fourth-order valence-corrected chi connectivity index (χ4v) is 1.57. The minimum Gasteiger partial charge on any atom is -0.461 e. The van der Waals surface area contributed by atoms with E-state index in [1.807, 2.05) is 24.3 Å². The molecule has 0 aliphatic heterocycles. The van der Waals surface area contributed by atoms with Crippen molar-refractivity contribution in [3.05, 3.63) is 71.7 Å². The van der Waals surface area contributed by atoms with Gasteiger partial charge in [0.25, 0.3) is 0 Å². The van der Waals surface area contributed by atoms with Crippen LogP contribution in [0.25, 0.3) is 12.2 Å². The van der Waals surface area contributed by atoms with E-state index in [1.165, 1.54) is 18.4 Å². The Bertz CT molecular complexity index is 650. The zero-order valence-electron chi connectivity index (χ0n) is 10.7. The van der Waals surface area contributed by atoms with E-state index in [1.54, 1.807) is 24.3 Å². The molecule has 100 valence electrons. The third kappa shape index (κ3) is 3.81. The number of carbonyl (C=O) groups excluding carboxylic acids is 2. The van der Waals surface area contributed by atoms with Crippen molar-refractivity contribution in [3.8, 4) is 0 Å². The van der Waals surface area contributed by atoms with E-state index in [9.17, 15) is 9.59 Å². The van der Waals surface area contributed by atoms with Gasteiger partial charge in [-0.25, -0.2) is 0 Å². The van der Waals surface area contributed by atoms with Crippen LogP contribution in [0, 0.1) is 0 Å². The quantitative estimate of drug-likeness (QED) is 0.668. The third-order valence-electron chi connectivity index (χ3n) is 2.57. The van der Waals surface area contributed by atoms with Crippen LogP contribution in [0.1, 0.15) is 21.7 Å². The van der Waals surface area contributed by atoms with Crippen molar-refractivity contribution in [3.63, 3.8) is 0 Å². The highest BCUT2D eigenvalue weighted by Gasteiger charge is 2.03. The number of nitrogens with two attached hydrogens (primary N) is 1. The zero-order chi connectivity index (χ0) is 14.4. The molecule has 2 aromatic rings. The Hall–Kier alpha value is -2.88. The van der Waals surface area contributed by atoms with Gasteiger partial charge in [-0.1, -0.05) is 30.3 Å². The lowest BCUT2D eigenvalue weighted by molar-refractivity contribution is -0.113. The molecule has 1 aromatic heterocycles. The monoisotopic (exact) mass is 267 g/mol. The van der Waals surface area contributed by atoms with Crippen LogP contribution in [0.4, 0.5) is 0 Å². The number of rotatable bonds is 5. The van der Waals surface area contributed by atoms with Crippen LogP contribution in [0.15, 0.2) is 59.2 Å². The summed E-state index contributed by atoms with van der Waals surface area (Å²) in [7, 11) is 0. The number of allylic oxidation sites excluding steroid dienone is 1. The van der Waals surface area contributed by atoms with Gasteiger partial charge in [-0.3, -0.25) is 9.59 Å². The third-order valence-corrected chi connectivity index (χ3v) is 2.57. The molecular formula is C16H13NO3. The average molecular weight is 267 g/mol. The van der Waals surface area contributed by atoms with Gasteiger partial charge in [-0.05, 0) is 35.4 Å². The maximum absolute atomic E-state index is 11.7. The summed E-state index contributed by atoms with van der Waals surface area (Å²) in [6.45, 7) is 0. The smallest absolute Gasteiger partial charge is 0.241 e. The first-order chi connectivity index (χ1) is 9.65. The lowest BCUT2D eigenvalue weighted by atomic mass is 10.1. The number of amides is 1. The molecule has 0 atom stereocenters. The first-order valence-electron chi connectivity index (χ1n) is 5.98. The largest absolute Gasteiger partial charge is 0.461 e. The fourth-order valence-electron chi connectivity index (χ4n) is 1.57. The highest BCUT2D eigenvalue weighted by atomic mass is 16.3. The van der Waals surface area contributed by atoms with Crippen molar-refractivity contribution in [2.24, 2.45) is 5.73 Å². The standard InChI is InChI=1S/C16H13NO3/c17-16(19)10-8-13-5-3-12(4-6-13)7-9-14(18)15-2-1-11-20-15/h1-11H,(H2,17,19)/b9-7+,10-8+. The molecule has 1 heterocycles.